The average molecular weight is 273 g/mol. The number of benzene rings is 1. The Kier molecular flexibility index (Phi) is 4.05. The van der Waals surface area contributed by atoms with Gasteiger partial charge in [0.15, 0.2) is 0 Å². The Hall–Kier alpha value is -1.61. The van der Waals surface area contributed by atoms with Crippen molar-refractivity contribution in [3.8, 4) is 0 Å². The molecule has 0 aliphatic rings. The van der Waals surface area contributed by atoms with Crippen LogP contribution in [0.15, 0.2) is 42.5 Å². The number of carbonyl (C=O) groups is 1. The van der Waals surface area contributed by atoms with Crippen molar-refractivity contribution in [2.24, 2.45) is 0 Å². The van der Waals surface area contributed by atoms with E-state index in [4.69, 9.17) is 0 Å². The van der Waals surface area contributed by atoms with Gasteiger partial charge in [0.1, 0.15) is 0 Å². The van der Waals surface area contributed by atoms with E-state index in [-0.39, 0.29) is 11.3 Å². The Morgan fingerprint density at radius 1 is 1.11 bits per heavy atom. The van der Waals surface area contributed by atoms with Crippen LogP contribution in [-0.4, -0.2) is 5.91 Å². The topological polar surface area (TPSA) is 29.1 Å². The largest absolute Gasteiger partial charge is 0.347 e. The maximum absolute atomic E-state index is 12.1. The Labute approximate surface area is 118 Å². The van der Waals surface area contributed by atoms with Crippen LogP contribution in [-0.2, 0) is 12.0 Å². The van der Waals surface area contributed by atoms with Crippen molar-refractivity contribution in [1.82, 2.24) is 5.32 Å². The summed E-state index contributed by atoms with van der Waals surface area (Å²) in [5.41, 5.74) is 1.21. The van der Waals surface area contributed by atoms with Gasteiger partial charge in [-0.2, -0.15) is 0 Å². The summed E-state index contributed by atoms with van der Waals surface area (Å²) in [6.45, 7) is 7.04. The van der Waals surface area contributed by atoms with Gasteiger partial charge >= 0.3 is 0 Å². The average Bonchev–Trinajstić information content (AvgIpc) is 2.87. The zero-order valence-electron chi connectivity index (χ0n) is 11.6. The highest BCUT2D eigenvalue weighted by molar-refractivity contribution is 7.14. The Bertz CT molecular complexity index is 552. The quantitative estimate of drug-likeness (QED) is 0.900. The van der Waals surface area contributed by atoms with Gasteiger partial charge in [0.25, 0.3) is 5.91 Å². The van der Waals surface area contributed by atoms with E-state index in [2.05, 4.69) is 26.1 Å². The van der Waals surface area contributed by atoms with E-state index < -0.39 is 0 Å². The van der Waals surface area contributed by atoms with E-state index in [0.717, 1.165) is 10.4 Å². The predicted molar refractivity (Wildman–Crippen MR) is 80.6 cm³/mol. The first-order valence-electron chi connectivity index (χ1n) is 6.39. The van der Waals surface area contributed by atoms with Crippen LogP contribution in [0.5, 0.6) is 0 Å². The molecule has 0 aliphatic heterocycles. The standard InChI is InChI=1S/C16H19NOS/c1-16(2,3)14-10-9-13(19-14)15(18)17-11-12-7-5-4-6-8-12/h4-10H,11H2,1-3H3,(H,17,18). The molecule has 0 unspecified atom stereocenters. The van der Waals surface area contributed by atoms with Crippen molar-refractivity contribution in [2.75, 3.05) is 0 Å². The van der Waals surface area contributed by atoms with Crippen LogP contribution < -0.4 is 5.32 Å². The molecular formula is C16H19NOS. The van der Waals surface area contributed by atoms with E-state index in [9.17, 15) is 4.79 Å². The smallest absolute Gasteiger partial charge is 0.261 e. The van der Waals surface area contributed by atoms with Crippen molar-refractivity contribution < 1.29 is 4.79 Å². The molecule has 1 aromatic carbocycles. The zero-order chi connectivity index (χ0) is 13.9. The van der Waals surface area contributed by atoms with Gasteiger partial charge in [0.05, 0.1) is 4.88 Å². The lowest BCUT2D eigenvalue weighted by Crippen LogP contribution is -2.21. The second-order valence-electron chi connectivity index (χ2n) is 5.58. The molecule has 2 nitrogen and oxygen atoms in total. The van der Waals surface area contributed by atoms with E-state index in [1.54, 1.807) is 11.3 Å². The number of hydrogen-bond donors (Lipinski definition) is 1. The summed E-state index contributed by atoms with van der Waals surface area (Å²) < 4.78 is 0. The molecule has 19 heavy (non-hydrogen) atoms. The van der Waals surface area contributed by atoms with Crippen LogP contribution >= 0.6 is 11.3 Å². The fourth-order valence-electron chi connectivity index (χ4n) is 1.73. The molecule has 3 heteroatoms. The molecule has 0 saturated carbocycles. The SMILES string of the molecule is CC(C)(C)c1ccc(C(=O)NCc2ccccc2)s1. The highest BCUT2D eigenvalue weighted by Crippen LogP contribution is 2.29. The molecule has 0 saturated heterocycles. The summed E-state index contributed by atoms with van der Waals surface area (Å²) in [5, 5.41) is 2.95. The number of hydrogen-bond acceptors (Lipinski definition) is 2. The van der Waals surface area contributed by atoms with Gasteiger partial charge in [-0.05, 0) is 23.1 Å². The highest BCUT2D eigenvalue weighted by Gasteiger charge is 2.18. The third-order valence-electron chi connectivity index (χ3n) is 2.86. The van der Waals surface area contributed by atoms with E-state index in [1.807, 2.05) is 42.5 Å². The van der Waals surface area contributed by atoms with Crippen LogP contribution in [0.25, 0.3) is 0 Å². The van der Waals surface area contributed by atoms with Gasteiger partial charge in [-0.1, -0.05) is 51.1 Å². The summed E-state index contributed by atoms with van der Waals surface area (Å²) in [6.07, 6.45) is 0. The molecule has 2 rings (SSSR count). The summed E-state index contributed by atoms with van der Waals surface area (Å²) in [4.78, 5) is 14.1. The van der Waals surface area contributed by atoms with Crippen LogP contribution in [0.3, 0.4) is 0 Å². The zero-order valence-corrected chi connectivity index (χ0v) is 12.4. The number of thiophene rings is 1. The lowest BCUT2D eigenvalue weighted by molar-refractivity contribution is 0.0955. The minimum atomic E-state index is 0.00403. The molecule has 100 valence electrons. The van der Waals surface area contributed by atoms with Gasteiger partial charge in [-0.3, -0.25) is 4.79 Å². The molecule has 1 aromatic heterocycles. The molecule has 1 N–H and O–H groups in total. The predicted octanol–water partition coefficient (Wildman–Crippen LogP) is 3.98. The molecular weight excluding hydrogens is 254 g/mol. The molecule has 1 amide bonds. The van der Waals surface area contributed by atoms with Crippen molar-refractivity contribution in [1.29, 1.82) is 0 Å². The number of rotatable bonds is 3. The van der Waals surface area contributed by atoms with Crippen LogP contribution in [0, 0.1) is 0 Å². The third-order valence-corrected chi connectivity index (χ3v) is 4.37. The van der Waals surface area contributed by atoms with Gasteiger partial charge < -0.3 is 5.32 Å². The summed E-state index contributed by atoms with van der Waals surface area (Å²) in [7, 11) is 0. The lowest BCUT2D eigenvalue weighted by atomic mass is 9.95. The molecule has 2 aromatic rings. The molecule has 0 spiro atoms. The number of amides is 1. The Morgan fingerprint density at radius 2 is 1.79 bits per heavy atom. The van der Waals surface area contributed by atoms with E-state index in [0.29, 0.717) is 6.54 Å². The molecule has 0 atom stereocenters. The lowest BCUT2D eigenvalue weighted by Gasteiger charge is -2.15. The van der Waals surface area contributed by atoms with E-state index >= 15 is 0 Å². The fraction of sp³-hybridized carbons (Fsp3) is 0.312. The first-order valence-corrected chi connectivity index (χ1v) is 7.21. The van der Waals surface area contributed by atoms with Gasteiger partial charge in [0.2, 0.25) is 0 Å². The normalized spacial score (nSPS) is 11.3. The van der Waals surface area contributed by atoms with E-state index in [1.165, 1.54) is 4.88 Å². The third kappa shape index (κ3) is 3.67. The first-order chi connectivity index (χ1) is 8.97. The van der Waals surface area contributed by atoms with Crippen molar-refractivity contribution in [3.63, 3.8) is 0 Å². The second kappa shape index (κ2) is 5.57. The Balaban J connectivity index is 1.99. The molecule has 0 aliphatic carbocycles. The van der Waals surface area contributed by atoms with Crippen molar-refractivity contribution in [3.05, 3.63) is 57.8 Å². The van der Waals surface area contributed by atoms with Crippen LogP contribution in [0.2, 0.25) is 0 Å². The van der Waals surface area contributed by atoms with Gasteiger partial charge in [0, 0.05) is 11.4 Å². The highest BCUT2D eigenvalue weighted by atomic mass is 32.1. The summed E-state index contributed by atoms with van der Waals surface area (Å²) in [5.74, 6) is 0.00403. The summed E-state index contributed by atoms with van der Waals surface area (Å²) >= 11 is 1.57. The second-order valence-corrected chi connectivity index (χ2v) is 6.67. The maximum atomic E-state index is 12.1. The molecule has 0 bridgehead atoms. The maximum Gasteiger partial charge on any atom is 0.261 e. The number of nitrogens with one attached hydrogen (secondary N) is 1. The Morgan fingerprint density at radius 3 is 2.37 bits per heavy atom. The van der Waals surface area contributed by atoms with Crippen LogP contribution in [0.1, 0.15) is 40.9 Å². The first kappa shape index (κ1) is 13.8. The van der Waals surface area contributed by atoms with Crippen molar-refractivity contribution in [2.45, 2.75) is 32.7 Å². The fourth-order valence-corrected chi connectivity index (χ4v) is 2.71. The van der Waals surface area contributed by atoms with Crippen molar-refractivity contribution >= 4 is 17.2 Å². The minimum Gasteiger partial charge on any atom is -0.347 e. The monoisotopic (exact) mass is 273 g/mol. The molecule has 1 heterocycles. The molecule has 0 radical (unpaired) electrons. The number of carbonyl (C=O) groups excluding carboxylic acids is 1. The van der Waals surface area contributed by atoms with Gasteiger partial charge in [-0.15, -0.1) is 11.3 Å². The molecule has 0 fully saturated rings. The minimum absolute atomic E-state index is 0.00403. The van der Waals surface area contributed by atoms with Crippen LogP contribution in [0.4, 0.5) is 0 Å². The summed E-state index contributed by atoms with van der Waals surface area (Å²) in [6, 6.07) is 13.9. The van der Waals surface area contributed by atoms with Gasteiger partial charge in [-0.25, -0.2) is 0 Å².